The summed E-state index contributed by atoms with van der Waals surface area (Å²) in [5, 5.41) is 0. The van der Waals surface area contributed by atoms with Gasteiger partial charge in [0.25, 0.3) is 0 Å². The monoisotopic (exact) mass is 298 g/mol. The summed E-state index contributed by atoms with van der Waals surface area (Å²) in [7, 11) is 1.75. The molecule has 96 valence electrons. The van der Waals surface area contributed by atoms with E-state index in [2.05, 4.69) is 69.6 Å². The van der Waals surface area contributed by atoms with E-state index in [1.165, 1.54) is 16.7 Å². The zero-order valence-electron chi connectivity index (χ0n) is 11.9. The van der Waals surface area contributed by atoms with Crippen molar-refractivity contribution in [2.24, 2.45) is 0 Å². The number of ether oxygens (including phenoxy) is 1. The third-order valence-electron chi connectivity index (χ3n) is 2.89. The lowest BCUT2D eigenvalue weighted by Gasteiger charge is -2.28. The Balaban J connectivity index is 3.58. The molecule has 0 aliphatic heterocycles. The van der Waals surface area contributed by atoms with Crippen LogP contribution in [-0.4, -0.2) is 7.11 Å². The Morgan fingerprint density at radius 3 is 1.82 bits per heavy atom. The van der Waals surface area contributed by atoms with Gasteiger partial charge >= 0.3 is 0 Å². The van der Waals surface area contributed by atoms with Gasteiger partial charge in [0, 0.05) is 15.5 Å². The second kappa shape index (κ2) is 4.64. The van der Waals surface area contributed by atoms with Crippen molar-refractivity contribution in [3.63, 3.8) is 0 Å². The van der Waals surface area contributed by atoms with Crippen molar-refractivity contribution in [1.29, 1.82) is 0 Å². The van der Waals surface area contributed by atoms with Crippen molar-refractivity contribution in [3.8, 4) is 5.75 Å². The highest BCUT2D eigenvalue weighted by atomic mass is 79.9. The average Bonchev–Trinajstić information content (AvgIpc) is 2.13. The fourth-order valence-corrected chi connectivity index (χ4v) is 2.29. The molecule has 0 aliphatic rings. The molecular weight excluding hydrogens is 276 g/mol. The van der Waals surface area contributed by atoms with E-state index in [4.69, 9.17) is 4.74 Å². The first-order valence-electron chi connectivity index (χ1n) is 5.96. The molecule has 0 N–H and O–H groups in total. The number of alkyl halides is 1. The summed E-state index contributed by atoms with van der Waals surface area (Å²) in [4.78, 5) is 0. The molecule has 0 aliphatic carbocycles. The number of halogens is 1. The van der Waals surface area contributed by atoms with E-state index in [-0.39, 0.29) is 9.74 Å². The van der Waals surface area contributed by atoms with E-state index in [9.17, 15) is 0 Å². The van der Waals surface area contributed by atoms with Gasteiger partial charge in [0.05, 0.1) is 7.11 Å². The molecule has 2 heteroatoms. The molecule has 0 saturated carbocycles. The van der Waals surface area contributed by atoms with E-state index in [1.54, 1.807) is 7.11 Å². The quantitative estimate of drug-likeness (QED) is 0.703. The van der Waals surface area contributed by atoms with Crippen LogP contribution in [0.4, 0.5) is 0 Å². The van der Waals surface area contributed by atoms with Crippen molar-refractivity contribution in [2.45, 2.75) is 51.3 Å². The van der Waals surface area contributed by atoms with Gasteiger partial charge in [-0.15, -0.1) is 0 Å². The van der Waals surface area contributed by atoms with Crippen LogP contribution in [0.1, 0.15) is 51.3 Å². The molecule has 0 amide bonds. The molecule has 0 saturated heterocycles. The molecule has 0 heterocycles. The molecule has 0 aromatic heterocycles. The zero-order chi connectivity index (χ0) is 13.4. The molecule has 0 atom stereocenters. The van der Waals surface area contributed by atoms with Crippen molar-refractivity contribution in [2.75, 3.05) is 7.11 Å². The van der Waals surface area contributed by atoms with Gasteiger partial charge in [0.2, 0.25) is 0 Å². The highest BCUT2D eigenvalue weighted by Gasteiger charge is 2.27. The molecule has 0 bridgehead atoms. The third-order valence-corrected chi connectivity index (χ3v) is 3.31. The summed E-state index contributed by atoms with van der Waals surface area (Å²) in [5.41, 5.74) is 3.84. The molecule has 17 heavy (non-hydrogen) atoms. The molecule has 1 aromatic rings. The third kappa shape index (κ3) is 3.25. The predicted molar refractivity (Wildman–Crippen MR) is 78.4 cm³/mol. The Bertz CT molecular complexity index is 373. The first-order valence-corrected chi connectivity index (χ1v) is 6.75. The fourth-order valence-electron chi connectivity index (χ4n) is 1.99. The van der Waals surface area contributed by atoms with Crippen LogP contribution < -0.4 is 4.74 Å². The Morgan fingerprint density at radius 2 is 1.47 bits per heavy atom. The van der Waals surface area contributed by atoms with Crippen LogP contribution in [0.3, 0.4) is 0 Å². The van der Waals surface area contributed by atoms with Gasteiger partial charge in [-0.1, -0.05) is 54.4 Å². The van der Waals surface area contributed by atoms with Crippen molar-refractivity contribution in [3.05, 3.63) is 28.8 Å². The second-order valence-corrected chi connectivity index (χ2v) is 8.10. The Hall–Kier alpha value is -0.500. The molecule has 1 aromatic carbocycles. The molecule has 0 fully saturated rings. The average molecular weight is 299 g/mol. The van der Waals surface area contributed by atoms with E-state index >= 15 is 0 Å². The van der Waals surface area contributed by atoms with E-state index in [0.717, 1.165) is 5.75 Å². The lowest BCUT2D eigenvalue weighted by atomic mass is 9.82. The van der Waals surface area contributed by atoms with Crippen LogP contribution in [0, 0.1) is 6.92 Å². The molecule has 0 spiro atoms. The van der Waals surface area contributed by atoms with Gasteiger partial charge in [0.15, 0.2) is 0 Å². The van der Waals surface area contributed by atoms with E-state index in [0.29, 0.717) is 0 Å². The maximum Gasteiger partial charge on any atom is 0.127 e. The zero-order valence-corrected chi connectivity index (χ0v) is 13.5. The predicted octanol–water partition coefficient (Wildman–Crippen LogP) is 4.93. The first kappa shape index (κ1) is 14.6. The Labute approximate surface area is 114 Å². The SMILES string of the molecule is COc1c(C(C)(C)C)cc(C)cc1C(C)(C)Br. The fraction of sp³-hybridized carbons (Fsp3) is 0.600. The number of hydrogen-bond donors (Lipinski definition) is 0. The maximum atomic E-state index is 5.65. The van der Waals surface area contributed by atoms with Gasteiger partial charge in [-0.05, 0) is 26.2 Å². The number of aryl methyl sites for hydroxylation is 1. The highest BCUT2D eigenvalue weighted by Crippen LogP contribution is 2.42. The van der Waals surface area contributed by atoms with Crippen LogP contribution >= 0.6 is 15.9 Å². The van der Waals surface area contributed by atoms with Crippen molar-refractivity contribution >= 4 is 15.9 Å². The molecule has 0 unspecified atom stereocenters. The van der Waals surface area contributed by atoms with Crippen LogP contribution in [-0.2, 0) is 9.74 Å². The minimum absolute atomic E-state index is 0.0790. The number of rotatable bonds is 2. The second-order valence-electron chi connectivity index (χ2n) is 6.12. The summed E-state index contributed by atoms with van der Waals surface area (Å²) in [5.74, 6) is 1.00. The summed E-state index contributed by atoms with van der Waals surface area (Å²) in [6.07, 6.45) is 0. The molecule has 1 nitrogen and oxygen atoms in total. The topological polar surface area (TPSA) is 9.23 Å². The van der Waals surface area contributed by atoms with Gasteiger partial charge < -0.3 is 4.74 Å². The lowest BCUT2D eigenvalue weighted by Crippen LogP contribution is -2.17. The standard InChI is InChI=1S/C15H23BrO/c1-10-8-11(14(2,3)4)13(17-7)12(9-10)15(5,6)16/h8-9H,1-7H3. The molecule has 1 rings (SSSR count). The largest absolute Gasteiger partial charge is 0.496 e. The first-order chi connectivity index (χ1) is 7.57. The summed E-state index contributed by atoms with van der Waals surface area (Å²) < 4.78 is 5.58. The van der Waals surface area contributed by atoms with E-state index < -0.39 is 0 Å². The van der Waals surface area contributed by atoms with Crippen LogP contribution in [0.5, 0.6) is 5.75 Å². The van der Waals surface area contributed by atoms with Crippen LogP contribution in [0.15, 0.2) is 12.1 Å². The van der Waals surface area contributed by atoms with Crippen LogP contribution in [0.25, 0.3) is 0 Å². The van der Waals surface area contributed by atoms with E-state index in [1.807, 2.05) is 0 Å². The summed E-state index contributed by atoms with van der Waals surface area (Å²) in [6, 6.07) is 4.42. The summed E-state index contributed by atoms with van der Waals surface area (Å²) >= 11 is 3.73. The highest BCUT2D eigenvalue weighted by molar-refractivity contribution is 9.09. The normalized spacial score (nSPS) is 12.7. The number of hydrogen-bond acceptors (Lipinski definition) is 1. The summed E-state index contributed by atoms with van der Waals surface area (Å²) in [6.45, 7) is 13.1. The number of benzene rings is 1. The maximum absolute atomic E-state index is 5.65. The minimum Gasteiger partial charge on any atom is -0.496 e. The minimum atomic E-state index is -0.0790. The van der Waals surface area contributed by atoms with Crippen molar-refractivity contribution < 1.29 is 4.74 Å². The van der Waals surface area contributed by atoms with Gasteiger partial charge in [-0.3, -0.25) is 0 Å². The van der Waals surface area contributed by atoms with Gasteiger partial charge in [0.1, 0.15) is 5.75 Å². The molecule has 0 radical (unpaired) electrons. The Morgan fingerprint density at radius 1 is 1.00 bits per heavy atom. The van der Waals surface area contributed by atoms with Gasteiger partial charge in [-0.25, -0.2) is 0 Å². The van der Waals surface area contributed by atoms with Gasteiger partial charge in [-0.2, -0.15) is 0 Å². The lowest BCUT2D eigenvalue weighted by molar-refractivity contribution is 0.389. The molecular formula is C15H23BrO. The Kier molecular flexibility index (Phi) is 3.97. The number of methoxy groups -OCH3 is 1. The smallest absolute Gasteiger partial charge is 0.127 e. The van der Waals surface area contributed by atoms with Crippen molar-refractivity contribution in [1.82, 2.24) is 0 Å². The van der Waals surface area contributed by atoms with Crippen LogP contribution in [0.2, 0.25) is 0 Å².